The van der Waals surface area contributed by atoms with Crippen molar-refractivity contribution in [1.29, 1.82) is 0 Å². The molecule has 2 fully saturated rings. The van der Waals surface area contributed by atoms with Crippen LogP contribution in [0.4, 0.5) is 42.0 Å². The van der Waals surface area contributed by atoms with Gasteiger partial charge in [-0.1, -0.05) is 12.6 Å². The van der Waals surface area contributed by atoms with Crippen LogP contribution in [0.2, 0.25) is 0 Å². The number of aromatic nitrogens is 2. The molecular weight excluding hydrogens is 597 g/mol. The molecule has 2 aliphatic heterocycles. The zero-order valence-corrected chi connectivity index (χ0v) is 25.9. The van der Waals surface area contributed by atoms with Gasteiger partial charge in [0.1, 0.15) is 11.4 Å². The van der Waals surface area contributed by atoms with E-state index in [4.69, 9.17) is 16.5 Å². The summed E-state index contributed by atoms with van der Waals surface area (Å²) in [4.78, 5) is 33.9. The second-order valence-corrected chi connectivity index (χ2v) is 11.6. The van der Waals surface area contributed by atoms with Crippen molar-refractivity contribution in [3.8, 4) is 0 Å². The van der Waals surface area contributed by atoms with E-state index >= 15 is 0 Å². The Morgan fingerprint density at radius 1 is 1.04 bits per heavy atom. The number of piperazine rings is 1. The topological polar surface area (TPSA) is 141 Å². The lowest BCUT2D eigenvalue weighted by molar-refractivity contribution is -0.137. The fourth-order valence-corrected chi connectivity index (χ4v) is 5.68. The van der Waals surface area contributed by atoms with Crippen molar-refractivity contribution in [2.75, 3.05) is 67.6 Å². The van der Waals surface area contributed by atoms with Gasteiger partial charge in [-0.05, 0) is 88.1 Å². The quantitative estimate of drug-likeness (QED) is 0.209. The Balaban J connectivity index is 1.35. The summed E-state index contributed by atoms with van der Waals surface area (Å²) in [6.45, 7) is 11.0. The summed E-state index contributed by atoms with van der Waals surface area (Å²) in [5.74, 6) is 0.173. The Morgan fingerprint density at radius 3 is 2.35 bits per heavy atom. The van der Waals surface area contributed by atoms with Crippen LogP contribution in [0.1, 0.15) is 40.0 Å². The molecule has 244 valence electrons. The molecule has 1 amide bonds. The number of aliphatic imine (C=N–C) groups is 1. The van der Waals surface area contributed by atoms with E-state index in [1.54, 1.807) is 18.2 Å². The van der Waals surface area contributed by atoms with Gasteiger partial charge in [-0.15, -0.1) is 0 Å². The number of amides is 1. The third-order valence-electron chi connectivity index (χ3n) is 8.40. The minimum absolute atomic E-state index is 0.0491. The Kier molecular flexibility index (Phi) is 9.77. The van der Waals surface area contributed by atoms with E-state index in [2.05, 4.69) is 48.9 Å². The number of amidine groups is 1. The van der Waals surface area contributed by atoms with Crippen LogP contribution in [0.3, 0.4) is 0 Å². The zero-order valence-electron chi connectivity index (χ0n) is 25.9. The van der Waals surface area contributed by atoms with E-state index in [0.29, 0.717) is 29.1 Å². The average Bonchev–Trinajstić information content (AvgIpc) is 3.03. The summed E-state index contributed by atoms with van der Waals surface area (Å²) >= 11 is 0. The maximum absolute atomic E-state index is 13.0. The minimum atomic E-state index is -4.47. The number of nitrogens with two attached hydrogens (primary N) is 2. The summed E-state index contributed by atoms with van der Waals surface area (Å²) < 4.78 is 38.7. The highest BCUT2D eigenvalue weighted by Gasteiger charge is 2.30. The third-order valence-corrected chi connectivity index (χ3v) is 8.40. The Bertz CT molecular complexity index is 1590. The number of alkyl halides is 3. The lowest BCUT2D eigenvalue weighted by Crippen LogP contribution is -2.53. The van der Waals surface area contributed by atoms with Gasteiger partial charge in [0.05, 0.1) is 11.3 Å². The molecule has 2 saturated heterocycles. The monoisotopic (exact) mass is 636 g/mol. The molecule has 0 saturated carbocycles. The molecule has 11 nitrogen and oxygen atoms in total. The van der Waals surface area contributed by atoms with Crippen LogP contribution >= 0.6 is 0 Å². The number of carbonyl (C=O) groups excluding carboxylic acids is 1. The molecule has 0 bridgehead atoms. The Morgan fingerprint density at radius 2 is 1.72 bits per heavy atom. The molecule has 0 atom stereocenters. The van der Waals surface area contributed by atoms with Crippen molar-refractivity contribution < 1.29 is 18.0 Å². The zero-order chi connectivity index (χ0) is 33.0. The number of nitrogens with zero attached hydrogens (tertiary/aromatic N) is 6. The molecule has 3 heterocycles. The average molecular weight is 637 g/mol. The molecule has 0 unspecified atom stereocenters. The SMILES string of the molecule is C=CNc1c(N)nc(N2CCN(C3CCN(C)CC3)CC2)nc1C(N)=Nc1cc(C(=O)Nc2ccc(C(F)(F)F)cc2)ccc1C. The molecule has 2 aliphatic rings. The summed E-state index contributed by atoms with van der Waals surface area (Å²) in [6.07, 6.45) is -0.695. The molecule has 6 N–H and O–H groups in total. The van der Waals surface area contributed by atoms with Crippen molar-refractivity contribution in [2.24, 2.45) is 10.7 Å². The van der Waals surface area contributed by atoms with Gasteiger partial charge in [0.15, 0.2) is 11.7 Å². The second-order valence-electron chi connectivity index (χ2n) is 11.6. The standard InChI is InChI=1S/C32H39F3N10O/c1-4-38-26-27(41-31(42-28(26)36)45-17-15-44(16-18-45)24-11-13-43(3)14-12-24)29(37)40-25-19-21(6-5-20(25)2)30(46)39-23-9-7-22(8-10-23)32(33,34)35/h4-10,19,24,38H,1,11-18H2,2-3H3,(H2,37,40)(H,39,46)(H2,36,41,42). The van der Waals surface area contributed by atoms with Gasteiger partial charge in [0, 0.05) is 43.5 Å². The van der Waals surface area contributed by atoms with Gasteiger partial charge in [-0.2, -0.15) is 18.2 Å². The molecular formula is C32H39F3N10O. The number of piperidine rings is 1. The molecule has 0 radical (unpaired) electrons. The van der Waals surface area contributed by atoms with Gasteiger partial charge in [0.25, 0.3) is 5.91 Å². The number of halogens is 3. The maximum atomic E-state index is 13.0. The number of hydrogen-bond donors (Lipinski definition) is 4. The van der Waals surface area contributed by atoms with Crippen LogP contribution in [0.5, 0.6) is 0 Å². The van der Waals surface area contributed by atoms with E-state index in [0.717, 1.165) is 69.8 Å². The van der Waals surface area contributed by atoms with Crippen LogP contribution < -0.4 is 27.0 Å². The highest BCUT2D eigenvalue weighted by Crippen LogP contribution is 2.31. The van der Waals surface area contributed by atoms with Crippen LogP contribution in [0, 0.1) is 6.92 Å². The molecule has 5 rings (SSSR count). The fraction of sp³-hybridized carbons (Fsp3) is 0.375. The number of rotatable bonds is 8. The first kappa shape index (κ1) is 32.7. The minimum Gasteiger partial charge on any atom is -0.382 e. The largest absolute Gasteiger partial charge is 0.416 e. The second kappa shape index (κ2) is 13.7. The van der Waals surface area contributed by atoms with Crippen molar-refractivity contribution in [3.63, 3.8) is 0 Å². The number of hydrogen-bond acceptors (Lipinski definition) is 9. The fourth-order valence-electron chi connectivity index (χ4n) is 5.68. The van der Waals surface area contributed by atoms with E-state index in [1.165, 1.54) is 18.3 Å². The van der Waals surface area contributed by atoms with Crippen LogP contribution in [-0.4, -0.2) is 83.9 Å². The van der Waals surface area contributed by atoms with Crippen molar-refractivity contribution in [1.82, 2.24) is 19.8 Å². The van der Waals surface area contributed by atoms with Crippen LogP contribution in [0.25, 0.3) is 0 Å². The molecule has 0 aliphatic carbocycles. The number of aryl methyl sites for hydroxylation is 1. The molecule has 1 aromatic heterocycles. The molecule has 3 aromatic rings. The van der Waals surface area contributed by atoms with Crippen molar-refractivity contribution in [3.05, 3.63) is 77.6 Å². The predicted octanol–water partition coefficient (Wildman–Crippen LogP) is 4.45. The smallest absolute Gasteiger partial charge is 0.382 e. The van der Waals surface area contributed by atoms with E-state index in [-0.39, 0.29) is 22.9 Å². The predicted molar refractivity (Wildman–Crippen MR) is 176 cm³/mol. The summed E-state index contributed by atoms with van der Waals surface area (Å²) in [7, 11) is 2.16. The van der Waals surface area contributed by atoms with Crippen molar-refractivity contribution >= 4 is 40.6 Å². The number of benzene rings is 2. The third kappa shape index (κ3) is 7.57. The maximum Gasteiger partial charge on any atom is 0.416 e. The van der Waals surface area contributed by atoms with Crippen molar-refractivity contribution in [2.45, 2.75) is 32.0 Å². The van der Waals surface area contributed by atoms with Gasteiger partial charge >= 0.3 is 6.18 Å². The summed E-state index contributed by atoms with van der Waals surface area (Å²) in [5.41, 5.74) is 14.4. The first-order valence-corrected chi connectivity index (χ1v) is 15.1. The molecule has 2 aromatic carbocycles. The Labute approximate surface area is 266 Å². The normalized spacial score (nSPS) is 17.2. The highest BCUT2D eigenvalue weighted by molar-refractivity contribution is 6.06. The Hall–Kier alpha value is -4.69. The van der Waals surface area contributed by atoms with Crippen LogP contribution in [0.15, 0.2) is 60.2 Å². The van der Waals surface area contributed by atoms with Gasteiger partial charge < -0.3 is 31.9 Å². The number of anilines is 4. The first-order chi connectivity index (χ1) is 21.9. The van der Waals surface area contributed by atoms with E-state index in [1.807, 2.05) is 6.92 Å². The molecule has 0 spiro atoms. The first-order valence-electron chi connectivity index (χ1n) is 15.1. The van der Waals surface area contributed by atoms with E-state index < -0.39 is 17.6 Å². The lowest BCUT2D eigenvalue weighted by Gasteiger charge is -2.42. The summed E-state index contributed by atoms with van der Waals surface area (Å²) in [6, 6.07) is 9.66. The highest BCUT2D eigenvalue weighted by atomic mass is 19.4. The van der Waals surface area contributed by atoms with E-state index in [9.17, 15) is 18.0 Å². The number of nitrogen functional groups attached to an aromatic ring is 1. The number of likely N-dealkylation sites (tertiary alicyclic amines) is 1. The molecule has 14 heteroatoms. The molecule has 46 heavy (non-hydrogen) atoms. The summed E-state index contributed by atoms with van der Waals surface area (Å²) in [5, 5.41) is 5.58. The number of carbonyl (C=O) groups is 1. The van der Waals surface area contributed by atoms with Gasteiger partial charge in [0.2, 0.25) is 5.95 Å². The van der Waals surface area contributed by atoms with Gasteiger partial charge in [-0.25, -0.2) is 9.98 Å². The number of nitrogens with one attached hydrogen (secondary N) is 2. The van der Waals surface area contributed by atoms with Crippen LogP contribution in [-0.2, 0) is 6.18 Å². The van der Waals surface area contributed by atoms with Gasteiger partial charge in [-0.3, -0.25) is 9.69 Å². The lowest BCUT2D eigenvalue weighted by atomic mass is 10.0.